The molecule has 26 heavy (non-hydrogen) atoms. The zero-order valence-electron chi connectivity index (χ0n) is 14.7. The number of carbonyl (C=O) groups is 2. The number of benzene rings is 2. The maximum atomic E-state index is 12.0. The second kappa shape index (κ2) is 8.10. The number of anilines is 2. The van der Waals surface area contributed by atoms with Crippen molar-refractivity contribution in [3.8, 4) is 0 Å². The summed E-state index contributed by atoms with van der Waals surface area (Å²) in [6.45, 7) is 5.28. The number of aliphatic carboxylic acids is 1. The molecule has 0 fully saturated rings. The van der Waals surface area contributed by atoms with Crippen LogP contribution in [0.1, 0.15) is 32.4 Å². The molecule has 2 aromatic rings. The number of hydrogen-bond donors (Lipinski definition) is 3. The third kappa shape index (κ3) is 5.67. The van der Waals surface area contributed by atoms with E-state index in [0.29, 0.717) is 22.0 Å². The van der Waals surface area contributed by atoms with Crippen molar-refractivity contribution in [2.24, 2.45) is 0 Å². The van der Waals surface area contributed by atoms with E-state index in [1.165, 1.54) is 0 Å². The number of para-hydroxylation sites is 2. The molecule has 0 unspecified atom stereocenters. The molecule has 0 radical (unpaired) electrons. The average molecular weight is 377 g/mol. The Balaban J connectivity index is 2.23. The van der Waals surface area contributed by atoms with Gasteiger partial charge in [0.2, 0.25) is 0 Å². The van der Waals surface area contributed by atoms with Crippen molar-refractivity contribution in [1.29, 1.82) is 0 Å². The van der Waals surface area contributed by atoms with Gasteiger partial charge in [0.25, 0.3) is 0 Å². The Kier molecular flexibility index (Phi) is 6.10. The van der Waals surface area contributed by atoms with Crippen molar-refractivity contribution >= 4 is 35.0 Å². The lowest BCUT2D eigenvalue weighted by Crippen LogP contribution is -2.28. The van der Waals surface area contributed by atoms with Gasteiger partial charge in [0.1, 0.15) is 5.60 Å². The number of amides is 1. The van der Waals surface area contributed by atoms with Gasteiger partial charge in [0.15, 0.2) is 6.04 Å². The monoisotopic (exact) mass is 376 g/mol. The van der Waals surface area contributed by atoms with Crippen LogP contribution in [0, 0.1) is 0 Å². The SMILES string of the molecule is CC(C)(C)OC(=O)Nc1ccccc1N[C@H](C(=O)O)c1ccc(Cl)cc1. The predicted octanol–water partition coefficient (Wildman–Crippen LogP) is 4.92. The molecule has 0 aromatic heterocycles. The third-order valence-corrected chi connectivity index (χ3v) is 3.56. The van der Waals surface area contributed by atoms with Gasteiger partial charge in [0, 0.05) is 5.02 Å². The molecular weight excluding hydrogens is 356 g/mol. The van der Waals surface area contributed by atoms with Gasteiger partial charge in [-0.3, -0.25) is 5.32 Å². The highest BCUT2D eigenvalue weighted by molar-refractivity contribution is 6.30. The fourth-order valence-electron chi connectivity index (χ4n) is 2.23. The summed E-state index contributed by atoms with van der Waals surface area (Å²) in [6, 6.07) is 12.3. The normalized spacial score (nSPS) is 12.2. The van der Waals surface area contributed by atoms with E-state index in [-0.39, 0.29) is 0 Å². The molecule has 0 bridgehead atoms. The predicted molar refractivity (Wildman–Crippen MR) is 102 cm³/mol. The summed E-state index contributed by atoms with van der Waals surface area (Å²) in [4.78, 5) is 23.7. The van der Waals surface area contributed by atoms with Crippen LogP contribution in [0.15, 0.2) is 48.5 Å². The molecule has 0 spiro atoms. The van der Waals surface area contributed by atoms with Crippen molar-refractivity contribution in [1.82, 2.24) is 0 Å². The minimum absolute atomic E-state index is 0.418. The molecule has 0 aliphatic rings. The minimum Gasteiger partial charge on any atom is -0.479 e. The van der Waals surface area contributed by atoms with Crippen molar-refractivity contribution in [3.05, 3.63) is 59.1 Å². The Morgan fingerprint density at radius 3 is 2.15 bits per heavy atom. The van der Waals surface area contributed by atoms with E-state index in [4.69, 9.17) is 16.3 Å². The first-order chi connectivity index (χ1) is 12.2. The first-order valence-electron chi connectivity index (χ1n) is 7.99. The molecule has 2 aromatic carbocycles. The highest BCUT2D eigenvalue weighted by Crippen LogP contribution is 2.27. The molecule has 0 saturated carbocycles. The van der Waals surface area contributed by atoms with E-state index < -0.39 is 23.7 Å². The molecule has 1 amide bonds. The van der Waals surface area contributed by atoms with Gasteiger partial charge in [-0.2, -0.15) is 0 Å². The van der Waals surface area contributed by atoms with Gasteiger partial charge < -0.3 is 15.2 Å². The summed E-state index contributed by atoms with van der Waals surface area (Å²) in [5.74, 6) is -1.06. The Labute approximate surface area is 157 Å². The smallest absolute Gasteiger partial charge is 0.412 e. The molecule has 1 atom stereocenters. The number of carboxylic acid groups (broad SMARTS) is 1. The van der Waals surface area contributed by atoms with Crippen LogP contribution in [-0.2, 0) is 9.53 Å². The first kappa shape index (κ1) is 19.6. The van der Waals surface area contributed by atoms with Crippen LogP contribution in [-0.4, -0.2) is 22.8 Å². The van der Waals surface area contributed by atoms with Crippen molar-refractivity contribution < 1.29 is 19.4 Å². The van der Waals surface area contributed by atoms with Gasteiger partial charge in [0.05, 0.1) is 11.4 Å². The van der Waals surface area contributed by atoms with Crippen LogP contribution in [0.2, 0.25) is 5.02 Å². The molecule has 3 N–H and O–H groups in total. The fourth-order valence-corrected chi connectivity index (χ4v) is 2.36. The zero-order valence-corrected chi connectivity index (χ0v) is 15.5. The van der Waals surface area contributed by atoms with E-state index in [0.717, 1.165) is 0 Å². The maximum Gasteiger partial charge on any atom is 0.412 e. The molecule has 138 valence electrons. The highest BCUT2D eigenvalue weighted by Gasteiger charge is 2.22. The summed E-state index contributed by atoms with van der Waals surface area (Å²) in [5.41, 5.74) is 0.774. The van der Waals surface area contributed by atoms with Gasteiger partial charge in [-0.15, -0.1) is 0 Å². The number of halogens is 1. The van der Waals surface area contributed by atoms with E-state index in [2.05, 4.69) is 10.6 Å². The highest BCUT2D eigenvalue weighted by atomic mass is 35.5. The van der Waals surface area contributed by atoms with Crippen LogP contribution >= 0.6 is 11.6 Å². The Morgan fingerprint density at radius 2 is 1.62 bits per heavy atom. The Bertz CT molecular complexity index is 785. The van der Waals surface area contributed by atoms with E-state index >= 15 is 0 Å². The quantitative estimate of drug-likeness (QED) is 0.689. The van der Waals surface area contributed by atoms with Crippen LogP contribution in [0.5, 0.6) is 0 Å². The minimum atomic E-state index is -1.06. The van der Waals surface area contributed by atoms with Crippen molar-refractivity contribution in [3.63, 3.8) is 0 Å². The van der Waals surface area contributed by atoms with Gasteiger partial charge in [-0.1, -0.05) is 35.9 Å². The van der Waals surface area contributed by atoms with Crippen molar-refractivity contribution in [2.45, 2.75) is 32.4 Å². The van der Waals surface area contributed by atoms with Crippen LogP contribution in [0.25, 0.3) is 0 Å². The zero-order chi connectivity index (χ0) is 19.3. The number of carboxylic acids is 1. The molecular formula is C19H21ClN2O4. The van der Waals surface area contributed by atoms with Gasteiger partial charge in [-0.05, 0) is 50.6 Å². The number of rotatable bonds is 5. The number of nitrogens with one attached hydrogen (secondary N) is 2. The standard InChI is InChI=1S/C19H21ClN2O4/c1-19(2,3)26-18(25)22-15-7-5-4-6-14(15)21-16(17(23)24)12-8-10-13(20)11-9-12/h4-11,16,21H,1-3H3,(H,22,25)(H,23,24)/t16-/m0/s1. The molecule has 0 aliphatic carbocycles. The fraction of sp³-hybridized carbons (Fsp3) is 0.263. The van der Waals surface area contributed by atoms with Crippen molar-refractivity contribution in [2.75, 3.05) is 10.6 Å². The molecule has 7 heteroatoms. The Morgan fingerprint density at radius 1 is 1.04 bits per heavy atom. The van der Waals surface area contributed by atoms with E-state index in [1.54, 1.807) is 69.3 Å². The Hall–Kier alpha value is -2.73. The molecule has 0 aliphatic heterocycles. The second-order valence-electron chi connectivity index (χ2n) is 6.64. The van der Waals surface area contributed by atoms with Gasteiger partial charge in [-0.25, -0.2) is 9.59 Å². The van der Waals surface area contributed by atoms with Gasteiger partial charge >= 0.3 is 12.1 Å². The maximum absolute atomic E-state index is 12.0. The second-order valence-corrected chi connectivity index (χ2v) is 7.08. The number of carbonyl (C=O) groups excluding carboxylic acids is 1. The topological polar surface area (TPSA) is 87.7 Å². The lowest BCUT2D eigenvalue weighted by Gasteiger charge is -2.22. The lowest BCUT2D eigenvalue weighted by atomic mass is 10.1. The summed E-state index contributed by atoms with van der Waals surface area (Å²) in [5, 5.41) is 15.7. The summed E-state index contributed by atoms with van der Waals surface area (Å²) in [6.07, 6.45) is -0.620. The summed E-state index contributed by atoms with van der Waals surface area (Å²) < 4.78 is 5.24. The number of ether oxygens (including phenoxy) is 1. The van der Waals surface area contributed by atoms with Crippen LogP contribution in [0.4, 0.5) is 16.2 Å². The molecule has 2 rings (SSSR count). The van der Waals surface area contributed by atoms with Crippen LogP contribution in [0.3, 0.4) is 0 Å². The summed E-state index contributed by atoms with van der Waals surface area (Å²) >= 11 is 5.86. The third-order valence-electron chi connectivity index (χ3n) is 3.31. The van der Waals surface area contributed by atoms with E-state index in [1.807, 2.05) is 0 Å². The molecule has 6 nitrogen and oxygen atoms in total. The molecule has 0 heterocycles. The van der Waals surface area contributed by atoms with Crippen LogP contribution < -0.4 is 10.6 Å². The lowest BCUT2D eigenvalue weighted by molar-refractivity contribution is -0.138. The molecule has 0 saturated heterocycles. The largest absolute Gasteiger partial charge is 0.479 e. The van der Waals surface area contributed by atoms with E-state index in [9.17, 15) is 14.7 Å². The average Bonchev–Trinajstić information content (AvgIpc) is 2.53. The number of hydrogen-bond acceptors (Lipinski definition) is 4. The summed E-state index contributed by atoms with van der Waals surface area (Å²) in [7, 11) is 0. The first-order valence-corrected chi connectivity index (χ1v) is 8.37.